The molecule has 4 rings (SSSR count). The Hall–Kier alpha value is -2.81. The smallest absolute Gasteiger partial charge is 0.261 e. The highest BCUT2D eigenvalue weighted by molar-refractivity contribution is 6.26. The second kappa shape index (κ2) is 9.21. The van der Waals surface area contributed by atoms with Gasteiger partial charge in [0.2, 0.25) is 5.91 Å². The fourth-order valence-corrected chi connectivity index (χ4v) is 4.34. The van der Waals surface area contributed by atoms with Crippen LogP contribution in [0.2, 0.25) is 0 Å². The standard InChI is InChI=1S/C25H31N3O5/c1-25(2,3)33-16-18(29)14-26-10-12-27(13-11-26)21(30)15-28-23(31)19-8-4-6-17-7-5-9-20(22(17)19)24(28)32/h4-9,18,29H,10-16H2,1-3H3. The molecular formula is C25H31N3O5. The molecule has 2 aromatic rings. The Morgan fingerprint density at radius 3 is 2.12 bits per heavy atom. The lowest BCUT2D eigenvalue weighted by Gasteiger charge is -2.37. The van der Waals surface area contributed by atoms with E-state index in [2.05, 4.69) is 4.90 Å². The van der Waals surface area contributed by atoms with E-state index >= 15 is 0 Å². The first-order chi connectivity index (χ1) is 15.6. The quantitative estimate of drug-likeness (QED) is 0.671. The summed E-state index contributed by atoms with van der Waals surface area (Å²) in [6.07, 6.45) is -0.599. The number of hydrogen-bond acceptors (Lipinski definition) is 6. The number of piperazine rings is 1. The molecular weight excluding hydrogens is 422 g/mol. The third kappa shape index (κ3) is 5.08. The Morgan fingerprint density at radius 1 is 1.00 bits per heavy atom. The maximum atomic E-state index is 13.0. The van der Waals surface area contributed by atoms with Crippen LogP contribution in [-0.4, -0.2) is 95.1 Å². The van der Waals surface area contributed by atoms with Crippen LogP contribution in [0.5, 0.6) is 0 Å². The lowest BCUT2D eigenvalue weighted by molar-refractivity contribution is -0.133. The van der Waals surface area contributed by atoms with Gasteiger partial charge < -0.3 is 14.7 Å². The van der Waals surface area contributed by atoms with E-state index < -0.39 is 17.9 Å². The minimum Gasteiger partial charge on any atom is -0.389 e. The molecule has 8 heteroatoms. The van der Waals surface area contributed by atoms with E-state index in [4.69, 9.17) is 4.74 Å². The highest BCUT2D eigenvalue weighted by Crippen LogP contribution is 2.29. The number of aliphatic hydroxyl groups is 1. The fraction of sp³-hybridized carbons (Fsp3) is 0.480. The number of aliphatic hydroxyl groups excluding tert-OH is 1. The van der Waals surface area contributed by atoms with Gasteiger partial charge in [-0.15, -0.1) is 0 Å². The monoisotopic (exact) mass is 453 g/mol. The number of hydrogen-bond donors (Lipinski definition) is 1. The SMILES string of the molecule is CC(C)(C)OCC(O)CN1CCN(C(=O)CN2C(=O)c3cccc4cccc(c34)C2=O)CC1. The molecule has 1 atom stereocenters. The van der Waals surface area contributed by atoms with Gasteiger partial charge in [0, 0.05) is 49.2 Å². The van der Waals surface area contributed by atoms with Gasteiger partial charge in [-0.3, -0.25) is 24.2 Å². The Balaban J connectivity index is 1.34. The van der Waals surface area contributed by atoms with Gasteiger partial charge in [0.1, 0.15) is 6.54 Å². The van der Waals surface area contributed by atoms with Crippen molar-refractivity contribution in [3.05, 3.63) is 47.5 Å². The molecule has 176 valence electrons. The number of β-amino-alcohol motifs (C(OH)–C–C–N with tert-alkyl or cyclic N) is 1. The second-order valence-corrected chi connectivity index (χ2v) is 9.66. The summed E-state index contributed by atoms with van der Waals surface area (Å²) in [6.45, 7) is 8.48. The zero-order chi connectivity index (χ0) is 23.8. The molecule has 33 heavy (non-hydrogen) atoms. The van der Waals surface area contributed by atoms with E-state index in [1.54, 1.807) is 29.2 Å². The van der Waals surface area contributed by atoms with Crippen LogP contribution in [0.25, 0.3) is 10.8 Å². The summed E-state index contributed by atoms with van der Waals surface area (Å²) in [4.78, 5) is 43.8. The van der Waals surface area contributed by atoms with Crippen molar-refractivity contribution < 1.29 is 24.2 Å². The fourth-order valence-electron chi connectivity index (χ4n) is 4.34. The molecule has 0 spiro atoms. The number of ether oxygens (including phenoxy) is 1. The number of rotatable bonds is 6. The summed E-state index contributed by atoms with van der Waals surface area (Å²) in [5, 5.41) is 11.7. The number of imide groups is 1. The zero-order valence-electron chi connectivity index (χ0n) is 19.4. The Bertz CT molecular complexity index is 1020. The first kappa shape index (κ1) is 23.4. The molecule has 2 aromatic carbocycles. The van der Waals surface area contributed by atoms with Gasteiger partial charge in [0.25, 0.3) is 11.8 Å². The number of carbonyl (C=O) groups is 3. The van der Waals surface area contributed by atoms with Crippen LogP contribution < -0.4 is 0 Å². The third-order valence-corrected chi connectivity index (χ3v) is 6.05. The topological polar surface area (TPSA) is 90.4 Å². The van der Waals surface area contributed by atoms with Gasteiger partial charge in [-0.2, -0.15) is 0 Å². The summed E-state index contributed by atoms with van der Waals surface area (Å²) >= 11 is 0. The van der Waals surface area contributed by atoms with Gasteiger partial charge in [-0.05, 0) is 38.3 Å². The predicted molar refractivity (Wildman–Crippen MR) is 124 cm³/mol. The van der Waals surface area contributed by atoms with Crippen LogP contribution in [-0.2, 0) is 9.53 Å². The maximum absolute atomic E-state index is 13.0. The van der Waals surface area contributed by atoms with Crippen molar-refractivity contribution in [1.29, 1.82) is 0 Å². The molecule has 0 aliphatic carbocycles. The molecule has 8 nitrogen and oxygen atoms in total. The van der Waals surface area contributed by atoms with E-state index in [0.717, 1.165) is 10.3 Å². The highest BCUT2D eigenvalue weighted by Gasteiger charge is 2.35. The molecule has 3 amide bonds. The lowest BCUT2D eigenvalue weighted by Crippen LogP contribution is -2.54. The summed E-state index contributed by atoms with van der Waals surface area (Å²) in [7, 11) is 0. The average Bonchev–Trinajstić information content (AvgIpc) is 2.78. The predicted octanol–water partition coefficient (Wildman–Crippen LogP) is 1.76. The Labute approximate surface area is 193 Å². The van der Waals surface area contributed by atoms with Crippen molar-refractivity contribution in [2.24, 2.45) is 0 Å². The van der Waals surface area contributed by atoms with Gasteiger partial charge in [-0.25, -0.2) is 0 Å². The first-order valence-electron chi connectivity index (χ1n) is 11.3. The third-order valence-electron chi connectivity index (χ3n) is 6.05. The number of nitrogens with zero attached hydrogens (tertiary/aromatic N) is 3. The van der Waals surface area contributed by atoms with Crippen molar-refractivity contribution in [2.45, 2.75) is 32.5 Å². The van der Waals surface area contributed by atoms with Crippen molar-refractivity contribution in [3.8, 4) is 0 Å². The van der Waals surface area contributed by atoms with E-state index in [9.17, 15) is 19.5 Å². The zero-order valence-corrected chi connectivity index (χ0v) is 19.4. The summed E-state index contributed by atoms with van der Waals surface area (Å²) in [6, 6.07) is 10.7. The summed E-state index contributed by atoms with van der Waals surface area (Å²) < 4.78 is 5.63. The second-order valence-electron chi connectivity index (χ2n) is 9.66. The molecule has 0 aromatic heterocycles. The van der Waals surface area contributed by atoms with Gasteiger partial charge >= 0.3 is 0 Å². The average molecular weight is 454 g/mol. The molecule has 1 unspecified atom stereocenters. The molecule has 0 radical (unpaired) electrons. The molecule has 0 saturated carbocycles. The molecule has 2 heterocycles. The van der Waals surface area contributed by atoms with E-state index in [1.807, 2.05) is 32.9 Å². The summed E-state index contributed by atoms with van der Waals surface area (Å²) in [5.74, 6) is -1.11. The van der Waals surface area contributed by atoms with Crippen LogP contribution >= 0.6 is 0 Å². The van der Waals surface area contributed by atoms with Crippen LogP contribution in [0.3, 0.4) is 0 Å². The largest absolute Gasteiger partial charge is 0.389 e. The number of benzene rings is 2. The lowest BCUT2D eigenvalue weighted by atomic mass is 9.94. The summed E-state index contributed by atoms with van der Waals surface area (Å²) in [5.41, 5.74) is 0.597. The number of carbonyl (C=O) groups excluding carboxylic acids is 3. The van der Waals surface area contributed by atoms with Gasteiger partial charge in [-0.1, -0.05) is 24.3 Å². The molecule has 0 bridgehead atoms. The Morgan fingerprint density at radius 2 is 1.58 bits per heavy atom. The van der Waals surface area contributed by atoms with E-state index in [0.29, 0.717) is 49.2 Å². The van der Waals surface area contributed by atoms with Crippen LogP contribution in [0.4, 0.5) is 0 Å². The van der Waals surface area contributed by atoms with Crippen molar-refractivity contribution in [1.82, 2.24) is 14.7 Å². The molecule has 1 saturated heterocycles. The van der Waals surface area contributed by atoms with Crippen LogP contribution in [0.15, 0.2) is 36.4 Å². The van der Waals surface area contributed by atoms with Crippen molar-refractivity contribution >= 4 is 28.5 Å². The molecule has 2 aliphatic rings. The van der Waals surface area contributed by atoms with Gasteiger partial charge in [0.05, 0.1) is 18.3 Å². The minimum atomic E-state index is -0.599. The molecule has 2 aliphatic heterocycles. The first-order valence-corrected chi connectivity index (χ1v) is 11.3. The maximum Gasteiger partial charge on any atom is 0.261 e. The van der Waals surface area contributed by atoms with Crippen molar-refractivity contribution in [2.75, 3.05) is 45.9 Å². The molecule has 1 fully saturated rings. The van der Waals surface area contributed by atoms with Crippen LogP contribution in [0, 0.1) is 0 Å². The van der Waals surface area contributed by atoms with E-state index in [1.165, 1.54) is 0 Å². The molecule has 1 N–H and O–H groups in total. The van der Waals surface area contributed by atoms with Crippen LogP contribution in [0.1, 0.15) is 41.5 Å². The van der Waals surface area contributed by atoms with Crippen molar-refractivity contribution in [3.63, 3.8) is 0 Å². The van der Waals surface area contributed by atoms with E-state index in [-0.39, 0.29) is 24.7 Å². The Kier molecular flexibility index (Phi) is 6.52. The van der Waals surface area contributed by atoms with Gasteiger partial charge in [0.15, 0.2) is 0 Å². The highest BCUT2D eigenvalue weighted by atomic mass is 16.5. The minimum absolute atomic E-state index is 0.250. The number of amides is 3. The normalized spacial score (nSPS) is 18.2.